The van der Waals surface area contributed by atoms with Crippen LogP contribution in [-0.4, -0.2) is 24.4 Å². The molecule has 2 rings (SSSR count). The maximum atomic E-state index is 11.8. The number of benzene rings is 2. The van der Waals surface area contributed by atoms with Gasteiger partial charge in [0, 0.05) is 23.3 Å². The fourth-order valence-electron chi connectivity index (χ4n) is 1.84. The van der Waals surface area contributed by atoms with Crippen LogP contribution >= 0.6 is 11.6 Å². The van der Waals surface area contributed by atoms with Crippen LogP contribution in [0, 0.1) is 0 Å². The fourth-order valence-corrected chi connectivity index (χ4v) is 1.96. The van der Waals surface area contributed by atoms with E-state index < -0.39 is 18.5 Å². The number of carbonyl (C=O) groups is 3. The smallest absolute Gasteiger partial charge is 0.338 e. The summed E-state index contributed by atoms with van der Waals surface area (Å²) in [6.07, 6.45) is 0. The van der Waals surface area contributed by atoms with E-state index in [-0.39, 0.29) is 5.91 Å². The van der Waals surface area contributed by atoms with Crippen LogP contribution in [0.25, 0.3) is 0 Å². The van der Waals surface area contributed by atoms with Crippen LogP contribution in [0.2, 0.25) is 5.02 Å². The molecule has 0 aliphatic rings. The lowest BCUT2D eigenvalue weighted by atomic mass is 10.2. The first-order valence-electron chi connectivity index (χ1n) is 7.04. The predicted octanol–water partition coefficient (Wildman–Crippen LogP) is 3.09. The van der Waals surface area contributed by atoms with Gasteiger partial charge in [0.25, 0.3) is 5.91 Å². The Hall–Kier alpha value is -2.86. The SMILES string of the molecule is CC(=O)Nc1ccc(NC(=O)COC(=O)c2ccc(Cl)cc2)cc1. The van der Waals surface area contributed by atoms with Crippen molar-refractivity contribution < 1.29 is 19.1 Å². The van der Waals surface area contributed by atoms with Crippen molar-refractivity contribution in [2.45, 2.75) is 6.92 Å². The molecular formula is C17H15ClN2O4. The van der Waals surface area contributed by atoms with Crippen LogP contribution in [0.3, 0.4) is 0 Å². The monoisotopic (exact) mass is 346 g/mol. The van der Waals surface area contributed by atoms with E-state index >= 15 is 0 Å². The summed E-state index contributed by atoms with van der Waals surface area (Å²) in [5, 5.41) is 5.71. The highest BCUT2D eigenvalue weighted by Crippen LogP contribution is 2.14. The maximum absolute atomic E-state index is 11.8. The molecule has 0 radical (unpaired) electrons. The van der Waals surface area contributed by atoms with E-state index in [4.69, 9.17) is 16.3 Å². The van der Waals surface area contributed by atoms with Crippen LogP contribution in [0.4, 0.5) is 11.4 Å². The maximum Gasteiger partial charge on any atom is 0.338 e. The zero-order valence-corrected chi connectivity index (χ0v) is 13.6. The van der Waals surface area contributed by atoms with Crippen LogP contribution in [0.1, 0.15) is 17.3 Å². The van der Waals surface area contributed by atoms with Crippen molar-refractivity contribution in [2.24, 2.45) is 0 Å². The van der Waals surface area contributed by atoms with Crippen molar-refractivity contribution in [3.63, 3.8) is 0 Å². The first-order valence-corrected chi connectivity index (χ1v) is 7.42. The first-order chi connectivity index (χ1) is 11.4. The summed E-state index contributed by atoms with van der Waals surface area (Å²) in [7, 11) is 0. The van der Waals surface area contributed by atoms with Crippen LogP contribution in [0.15, 0.2) is 48.5 Å². The third-order valence-electron chi connectivity index (χ3n) is 2.90. The van der Waals surface area contributed by atoms with Crippen molar-refractivity contribution in [1.29, 1.82) is 0 Å². The number of nitrogens with one attached hydrogen (secondary N) is 2. The number of anilines is 2. The van der Waals surface area contributed by atoms with Gasteiger partial charge in [-0.1, -0.05) is 11.6 Å². The van der Waals surface area contributed by atoms with E-state index in [2.05, 4.69) is 10.6 Å². The molecule has 0 spiro atoms. The largest absolute Gasteiger partial charge is 0.452 e. The molecule has 2 aromatic rings. The van der Waals surface area contributed by atoms with Crippen LogP contribution in [-0.2, 0) is 14.3 Å². The van der Waals surface area contributed by atoms with Gasteiger partial charge in [-0.15, -0.1) is 0 Å². The summed E-state index contributed by atoms with van der Waals surface area (Å²) in [5.74, 6) is -1.26. The van der Waals surface area contributed by atoms with E-state index in [0.717, 1.165) is 0 Å². The molecule has 0 fully saturated rings. The average molecular weight is 347 g/mol. The van der Waals surface area contributed by atoms with Crippen LogP contribution in [0.5, 0.6) is 0 Å². The lowest BCUT2D eigenvalue weighted by Gasteiger charge is -2.08. The summed E-state index contributed by atoms with van der Waals surface area (Å²) in [6, 6.07) is 12.7. The molecule has 0 aliphatic carbocycles. The lowest BCUT2D eigenvalue weighted by Crippen LogP contribution is -2.20. The molecule has 0 saturated heterocycles. The van der Waals surface area contributed by atoms with Gasteiger partial charge in [0.1, 0.15) is 0 Å². The molecule has 0 saturated carbocycles. The summed E-state index contributed by atoms with van der Waals surface area (Å²) in [6.45, 7) is 1.000. The number of esters is 1. The van der Waals surface area contributed by atoms with Crippen molar-refractivity contribution in [2.75, 3.05) is 17.2 Å². The van der Waals surface area contributed by atoms with E-state index in [9.17, 15) is 14.4 Å². The number of amides is 2. The minimum absolute atomic E-state index is 0.180. The molecule has 0 bridgehead atoms. The first kappa shape index (κ1) is 17.5. The third kappa shape index (κ3) is 5.40. The normalized spacial score (nSPS) is 9.92. The Kier molecular flexibility index (Phi) is 5.92. The van der Waals surface area contributed by atoms with E-state index in [0.29, 0.717) is 22.0 Å². The number of ether oxygens (including phenoxy) is 1. The number of rotatable bonds is 5. The molecule has 0 atom stereocenters. The molecule has 2 amide bonds. The Morgan fingerprint density at radius 1 is 0.917 bits per heavy atom. The Bertz CT molecular complexity index is 742. The number of carbonyl (C=O) groups excluding carboxylic acids is 3. The fraction of sp³-hybridized carbons (Fsp3) is 0.118. The van der Waals surface area contributed by atoms with Crippen molar-refractivity contribution >= 4 is 40.8 Å². The third-order valence-corrected chi connectivity index (χ3v) is 3.16. The van der Waals surface area contributed by atoms with E-state index in [1.807, 2.05) is 0 Å². The van der Waals surface area contributed by atoms with Gasteiger partial charge in [-0.25, -0.2) is 4.79 Å². The van der Waals surface area contributed by atoms with Gasteiger partial charge in [0.2, 0.25) is 5.91 Å². The Labute approximate surface area is 143 Å². The zero-order chi connectivity index (χ0) is 17.5. The van der Waals surface area contributed by atoms with Crippen molar-refractivity contribution in [3.8, 4) is 0 Å². The van der Waals surface area contributed by atoms with Gasteiger partial charge in [0.05, 0.1) is 5.56 Å². The second-order valence-corrected chi connectivity index (χ2v) is 5.33. The predicted molar refractivity (Wildman–Crippen MR) is 91.1 cm³/mol. The van der Waals surface area contributed by atoms with E-state index in [1.165, 1.54) is 19.1 Å². The van der Waals surface area contributed by atoms with Gasteiger partial charge < -0.3 is 15.4 Å². The standard InChI is InChI=1S/C17H15ClN2O4/c1-11(21)19-14-6-8-15(9-7-14)20-16(22)10-24-17(23)12-2-4-13(18)5-3-12/h2-9H,10H2,1H3,(H,19,21)(H,20,22). The topological polar surface area (TPSA) is 84.5 Å². The molecule has 7 heteroatoms. The van der Waals surface area contributed by atoms with E-state index in [1.54, 1.807) is 36.4 Å². The quantitative estimate of drug-likeness (QED) is 0.815. The van der Waals surface area contributed by atoms with Crippen molar-refractivity contribution in [1.82, 2.24) is 0 Å². The molecule has 0 heterocycles. The average Bonchev–Trinajstić information content (AvgIpc) is 2.54. The minimum Gasteiger partial charge on any atom is -0.452 e. The summed E-state index contributed by atoms with van der Waals surface area (Å²) in [5.41, 5.74) is 1.46. The highest BCUT2D eigenvalue weighted by Gasteiger charge is 2.10. The molecule has 124 valence electrons. The molecule has 6 nitrogen and oxygen atoms in total. The Morgan fingerprint density at radius 2 is 1.46 bits per heavy atom. The summed E-state index contributed by atoms with van der Waals surface area (Å²) in [4.78, 5) is 34.5. The molecule has 2 aromatic carbocycles. The lowest BCUT2D eigenvalue weighted by molar-refractivity contribution is -0.119. The number of hydrogen-bond donors (Lipinski definition) is 2. The Morgan fingerprint density at radius 3 is 2.00 bits per heavy atom. The van der Waals surface area contributed by atoms with Gasteiger partial charge in [0.15, 0.2) is 6.61 Å². The highest BCUT2D eigenvalue weighted by atomic mass is 35.5. The Balaban J connectivity index is 1.83. The molecule has 0 unspecified atom stereocenters. The summed E-state index contributed by atoms with van der Waals surface area (Å²) < 4.78 is 4.93. The zero-order valence-electron chi connectivity index (χ0n) is 12.8. The van der Waals surface area contributed by atoms with Gasteiger partial charge in [-0.2, -0.15) is 0 Å². The second-order valence-electron chi connectivity index (χ2n) is 4.89. The van der Waals surface area contributed by atoms with Gasteiger partial charge >= 0.3 is 5.97 Å². The molecule has 2 N–H and O–H groups in total. The number of halogens is 1. The number of hydrogen-bond acceptors (Lipinski definition) is 4. The van der Waals surface area contributed by atoms with Gasteiger partial charge in [-0.05, 0) is 48.5 Å². The molecule has 24 heavy (non-hydrogen) atoms. The minimum atomic E-state index is -0.608. The van der Waals surface area contributed by atoms with Crippen molar-refractivity contribution in [3.05, 3.63) is 59.1 Å². The highest BCUT2D eigenvalue weighted by molar-refractivity contribution is 6.30. The molecule has 0 aromatic heterocycles. The summed E-state index contributed by atoms with van der Waals surface area (Å²) >= 11 is 5.73. The van der Waals surface area contributed by atoms with Gasteiger partial charge in [-0.3, -0.25) is 9.59 Å². The van der Waals surface area contributed by atoms with Crippen LogP contribution < -0.4 is 10.6 Å². The second kappa shape index (κ2) is 8.12. The molecular weight excluding hydrogens is 332 g/mol. The molecule has 0 aliphatic heterocycles.